The first-order valence-corrected chi connectivity index (χ1v) is 10.6. The highest BCUT2D eigenvalue weighted by Gasteiger charge is 2.34. The van der Waals surface area contributed by atoms with E-state index >= 15 is 0 Å². The number of ether oxygens (including phenoxy) is 1. The second-order valence-electron chi connectivity index (χ2n) is 8.37. The van der Waals surface area contributed by atoms with E-state index in [9.17, 15) is 0 Å². The molecule has 2 aliphatic heterocycles. The van der Waals surface area contributed by atoms with Crippen LogP contribution >= 0.6 is 37.2 Å². The minimum Gasteiger partial charge on any atom is -0.488 e. The first-order chi connectivity index (χ1) is 15.1. The number of aryl methyl sites for hydroxylation is 2. The monoisotopic (exact) mass is 524 g/mol. The molecule has 0 bridgehead atoms. The SMILES string of the molecule is Cc1noc(C)c1-c1ccc2nc(N3CC[C@H](N)C3)n3c2c1OC[C@@H]3c1ccccn1.Cl.Cl.Cl. The van der Waals surface area contributed by atoms with E-state index in [0.717, 1.165) is 70.5 Å². The molecule has 1 aromatic carbocycles. The number of imidazole rings is 1. The molecule has 8 nitrogen and oxygen atoms in total. The van der Waals surface area contributed by atoms with Gasteiger partial charge in [-0.05, 0) is 44.5 Å². The molecule has 34 heavy (non-hydrogen) atoms. The van der Waals surface area contributed by atoms with Gasteiger partial charge in [-0.3, -0.25) is 9.55 Å². The van der Waals surface area contributed by atoms with Gasteiger partial charge in [0, 0.05) is 30.9 Å². The molecule has 0 saturated carbocycles. The van der Waals surface area contributed by atoms with Crippen molar-refractivity contribution in [2.45, 2.75) is 32.4 Å². The summed E-state index contributed by atoms with van der Waals surface area (Å²) in [5.74, 6) is 2.53. The van der Waals surface area contributed by atoms with Crippen molar-refractivity contribution < 1.29 is 9.26 Å². The number of benzene rings is 1. The summed E-state index contributed by atoms with van der Waals surface area (Å²) in [7, 11) is 0. The predicted octanol–water partition coefficient (Wildman–Crippen LogP) is 4.49. The molecular formula is C23H27Cl3N6O2. The highest BCUT2D eigenvalue weighted by Crippen LogP contribution is 2.45. The summed E-state index contributed by atoms with van der Waals surface area (Å²) in [5, 5.41) is 4.14. The molecule has 1 saturated heterocycles. The van der Waals surface area contributed by atoms with Gasteiger partial charge in [-0.25, -0.2) is 4.98 Å². The van der Waals surface area contributed by atoms with Crippen molar-refractivity contribution in [2.75, 3.05) is 24.6 Å². The van der Waals surface area contributed by atoms with Gasteiger partial charge in [-0.1, -0.05) is 11.2 Å². The Morgan fingerprint density at radius 1 is 1.09 bits per heavy atom. The average Bonchev–Trinajstić information content (AvgIpc) is 3.48. The summed E-state index contributed by atoms with van der Waals surface area (Å²) in [5.41, 5.74) is 11.9. The molecular weight excluding hydrogens is 499 g/mol. The lowest BCUT2D eigenvalue weighted by molar-refractivity contribution is 0.258. The molecule has 0 unspecified atom stereocenters. The zero-order valence-electron chi connectivity index (χ0n) is 18.8. The van der Waals surface area contributed by atoms with E-state index in [1.165, 1.54) is 0 Å². The molecule has 1 fully saturated rings. The summed E-state index contributed by atoms with van der Waals surface area (Å²) in [6.07, 6.45) is 2.79. The smallest absolute Gasteiger partial charge is 0.207 e. The van der Waals surface area contributed by atoms with Crippen molar-refractivity contribution in [3.8, 4) is 16.9 Å². The van der Waals surface area contributed by atoms with E-state index in [1.54, 1.807) is 0 Å². The summed E-state index contributed by atoms with van der Waals surface area (Å²) >= 11 is 0. The van der Waals surface area contributed by atoms with Gasteiger partial charge in [0.15, 0.2) is 5.75 Å². The van der Waals surface area contributed by atoms with Crippen molar-refractivity contribution >= 4 is 54.2 Å². The van der Waals surface area contributed by atoms with Crippen LogP contribution in [0.15, 0.2) is 41.1 Å². The highest BCUT2D eigenvalue weighted by atomic mass is 35.5. The van der Waals surface area contributed by atoms with Gasteiger partial charge in [0.25, 0.3) is 0 Å². The number of hydrogen-bond acceptors (Lipinski definition) is 7. The van der Waals surface area contributed by atoms with Crippen LogP contribution < -0.4 is 15.4 Å². The second-order valence-corrected chi connectivity index (χ2v) is 8.37. The van der Waals surface area contributed by atoms with Crippen molar-refractivity contribution in [1.29, 1.82) is 0 Å². The molecule has 4 aromatic rings. The Labute approximate surface area is 216 Å². The zero-order valence-corrected chi connectivity index (χ0v) is 21.3. The van der Waals surface area contributed by atoms with Crippen LogP contribution in [-0.2, 0) is 0 Å². The molecule has 182 valence electrons. The van der Waals surface area contributed by atoms with Crippen LogP contribution in [0.25, 0.3) is 22.2 Å². The normalized spacial score (nSPS) is 18.6. The third-order valence-corrected chi connectivity index (χ3v) is 6.32. The molecule has 0 spiro atoms. The van der Waals surface area contributed by atoms with Gasteiger partial charge in [-0.2, -0.15) is 0 Å². The first kappa shape index (κ1) is 26.1. The van der Waals surface area contributed by atoms with Crippen molar-refractivity contribution in [3.63, 3.8) is 0 Å². The van der Waals surface area contributed by atoms with Crippen molar-refractivity contribution in [3.05, 3.63) is 53.7 Å². The van der Waals surface area contributed by atoms with E-state index in [1.807, 2.05) is 38.2 Å². The fraction of sp³-hybridized carbons (Fsp3) is 0.348. The quantitative estimate of drug-likeness (QED) is 0.421. The standard InChI is InChI=1S/C23H24N6O2.3ClH/c1-13-20(14(2)31-27-13)16-6-7-18-21-22(16)30-12-19(17-5-3-4-9-25-17)29(21)23(26-18)28-10-8-15(24)11-28;;;/h3-7,9,15,19H,8,10-12,24H2,1-2H3;3*1H/t15-,19+;;;/m0.../s1. The van der Waals surface area contributed by atoms with Crippen LogP contribution in [0.1, 0.15) is 29.6 Å². The third kappa shape index (κ3) is 3.98. The summed E-state index contributed by atoms with van der Waals surface area (Å²) in [4.78, 5) is 11.9. The molecule has 5 heterocycles. The number of rotatable bonds is 3. The molecule has 0 amide bonds. The van der Waals surface area contributed by atoms with E-state index in [2.05, 4.69) is 31.7 Å². The molecule has 6 rings (SSSR count). The summed E-state index contributed by atoms with van der Waals surface area (Å²) in [6.45, 7) is 6.05. The number of hydrogen-bond donors (Lipinski definition) is 1. The van der Waals surface area contributed by atoms with Gasteiger partial charge in [0.1, 0.15) is 23.9 Å². The highest BCUT2D eigenvalue weighted by molar-refractivity contribution is 5.94. The fourth-order valence-corrected chi connectivity index (χ4v) is 4.87. The third-order valence-electron chi connectivity index (χ3n) is 6.32. The minimum atomic E-state index is -0.0644. The van der Waals surface area contributed by atoms with Gasteiger partial charge in [0.05, 0.1) is 22.5 Å². The zero-order chi connectivity index (χ0) is 21.1. The van der Waals surface area contributed by atoms with Crippen molar-refractivity contribution in [1.82, 2.24) is 19.7 Å². The second kappa shape index (κ2) is 10.00. The van der Waals surface area contributed by atoms with Crippen LogP contribution in [0.5, 0.6) is 5.75 Å². The van der Waals surface area contributed by atoms with Crippen LogP contribution in [-0.4, -0.2) is 45.4 Å². The van der Waals surface area contributed by atoms with Gasteiger partial charge in [0.2, 0.25) is 5.95 Å². The largest absolute Gasteiger partial charge is 0.488 e. The molecule has 2 aliphatic rings. The van der Waals surface area contributed by atoms with E-state index in [0.29, 0.717) is 6.61 Å². The first-order valence-electron chi connectivity index (χ1n) is 10.6. The Balaban J connectivity index is 0.00000108. The van der Waals surface area contributed by atoms with Crippen molar-refractivity contribution in [2.24, 2.45) is 5.73 Å². The molecule has 3 aromatic heterocycles. The van der Waals surface area contributed by atoms with Crippen LogP contribution in [0.3, 0.4) is 0 Å². The topological polar surface area (TPSA) is 95.2 Å². The van der Waals surface area contributed by atoms with Gasteiger partial charge >= 0.3 is 0 Å². The average molecular weight is 526 g/mol. The lowest BCUT2D eigenvalue weighted by Gasteiger charge is -2.30. The predicted molar refractivity (Wildman–Crippen MR) is 139 cm³/mol. The number of nitrogens with zero attached hydrogens (tertiary/aromatic N) is 5. The summed E-state index contributed by atoms with van der Waals surface area (Å²) < 4.78 is 14.1. The number of pyridine rings is 1. The molecule has 2 N–H and O–H groups in total. The Morgan fingerprint density at radius 3 is 2.56 bits per heavy atom. The van der Waals surface area contributed by atoms with E-state index in [4.69, 9.17) is 20.0 Å². The lowest BCUT2D eigenvalue weighted by atomic mass is 10.0. The Morgan fingerprint density at radius 2 is 1.91 bits per heavy atom. The maximum atomic E-state index is 6.41. The Kier molecular flexibility index (Phi) is 7.67. The Bertz CT molecular complexity index is 1270. The maximum absolute atomic E-state index is 6.41. The van der Waals surface area contributed by atoms with E-state index < -0.39 is 0 Å². The molecule has 0 radical (unpaired) electrons. The molecule has 11 heteroatoms. The Hall–Kier alpha value is -2.52. The van der Waals surface area contributed by atoms with E-state index in [-0.39, 0.29) is 49.3 Å². The minimum absolute atomic E-state index is 0. The number of aromatic nitrogens is 4. The number of nitrogens with two attached hydrogens (primary N) is 1. The van der Waals surface area contributed by atoms with Crippen LogP contribution in [0.4, 0.5) is 5.95 Å². The van der Waals surface area contributed by atoms with Gasteiger partial charge < -0.3 is 19.9 Å². The summed E-state index contributed by atoms with van der Waals surface area (Å²) in [6, 6.07) is 10.2. The fourth-order valence-electron chi connectivity index (χ4n) is 4.87. The van der Waals surface area contributed by atoms with Crippen LogP contribution in [0, 0.1) is 13.8 Å². The maximum Gasteiger partial charge on any atom is 0.207 e. The molecule has 0 aliphatic carbocycles. The molecule has 2 atom stereocenters. The lowest BCUT2D eigenvalue weighted by Crippen LogP contribution is -2.31. The number of halogens is 3. The number of anilines is 1. The van der Waals surface area contributed by atoms with Crippen LogP contribution in [0.2, 0.25) is 0 Å². The van der Waals surface area contributed by atoms with Gasteiger partial charge in [-0.15, -0.1) is 37.2 Å².